The summed E-state index contributed by atoms with van der Waals surface area (Å²) in [4.78, 5) is 13.5. The van der Waals surface area contributed by atoms with E-state index < -0.39 is 53.4 Å². The Balaban J connectivity index is 1.95. The van der Waals surface area contributed by atoms with Crippen molar-refractivity contribution in [3.8, 4) is 0 Å². The van der Waals surface area contributed by atoms with Gasteiger partial charge in [0, 0.05) is 31.1 Å². The molecule has 35 heavy (non-hydrogen) atoms. The van der Waals surface area contributed by atoms with Crippen molar-refractivity contribution in [2.75, 3.05) is 14.2 Å². The third-order valence-electron chi connectivity index (χ3n) is 6.41. The first-order chi connectivity index (χ1) is 16.2. The van der Waals surface area contributed by atoms with Crippen molar-refractivity contribution in [3.63, 3.8) is 0 Å². The first-order valence-corrected chi connectivity index (χ1v) is 10.8. The standard InChI is InChI=1S/C24H25F7N2O2/c1-13(15-10-16(23(26,27)28)12-17(11-15)24(29,30)31)32-19-8-9-20(33(2)22(34)35-3)21(19)14-4-6-18(25)7-5-14/h4-7,10-13,19-21,32H,8-9H2,1-3H3/t13-,19+,20+,21+/m1/s1. The summed E-state index contributed by atoms with van der Waals surface area (Å²) in [5, 5.41) is 3.15. The zero-order valence-corrected chi connectivity index (χ0v) is 19.2. The molecule has 2 aromatic carbocycles. The third-order valence-corrected chi connectivity index (χ3v) is 6.41. The highest BCUT2D eigenvalue weighted by Gasteiger charge is 2.42. The third kappa shape index (κ3) is 6.06. The molecule has 4 nitrogen and oxygen atoms in total. The highest BCUT2D eigenvalue weighted by Crippen LogP contribution is 2.41. The summed E-state index contributed by atoms with van der Waals surface area (Å²) in [6.07, 6.45) is -9.52. The van der Waals surface area contributed by atoms with E-state index in [1.807, 2.05) is 0 Å². The van der Waals surface area contributed by atoms with Crippen molar-refractivity contribution in [1.29, 1.82) is 0 Å². The van der Waals surface area contributed by atoms with E-state index in [4.69, 9.17) is 4.74 Å². The normalized spacial score (nSPS) is 21.6. The van der Waals surface area contributed by atoms with Gasteiger partial charge in [0.05, 0.1) is 18.2 Å². The van der Waals surface area contributed by atoms with Gasteiger partial charge in [-0.15, -0.1) is 0 Å². The van der Waals surface area contributed by atoms with Crippen LogP contribution in [0.4, 0.5) is 35.5 Å². The molecule has 4 atom stereocenters. The molecule has 1 N–H and O–H groups in total. The van der Waals surface area contributed by atoms with Crippen molar-refractivity contribution in [2.24, 2.45) is 0 Å². The van der Waals surface area contributed by atoms with E-state index in [0.29, 0.717) is 30.5 Å². The highest BCUT2D eigenvalue weighted by atomic mass is 19.4. The minimum atomic E-state index is -4.95. The maximum absolute atomic E-state index is 13.5. The smallest absolute Gasteiger partial charge is 0.416 e. The number of amides is 1. The van der Waals surface area contributed by atoms with Gasteiger partial charge in [0.2, 0.25) is 0 Å². The van der Waals surface area contributed by atoms with E-state index in [1.165, 1.54) is 31.1 Å². The minimum Gasteiger partial charge on any atom is -0.453 e. The zero-order valence-electron chi connectivity index (χ0n) is 19.2. The number of halogens is 7. The molecule has 1 aliphatic rings. The molecule has 1 fully saturated rings. The summed E-state index contributed by atoms with van der Waals surface area (Å²) < 4.78 is 98.1. The highest BCUT2D eigenvalue weighted by molar-refractivity contribution is 5.67. The van der Waals surface area contributed by atoms with Crippen LogP contribution in [0.1, 0.15) is 54.0 Å². The molecule has 0 saturated heterocycles. The van der Waals surface area contributed by atoms with Crippen molar-refractivity contribution < 1.29 is 40.3 Å². The second-order valence-electron chi connectivity index (χ2n) is 8.64. The number of likely N-dealkylation sites (N-methyl/N-ethyl adjacent to an activating group) is 1. The van der Waals surface area contributed by atoms with E-state index in [9.17, 15) is 35.5 Å². The maximum Gasteiger partial charge on any atom is 0.416 e. The van der Waals surface area contributed by atoms with Gasteiger partial charge in [-0.3, -0.25) is 0 Å². The molecule has 192 valence electrons. The van der Waals surface area contributed by atoms with Crippen LogP contribution in [0.3, 0.4) is 0 Å². The number of hydrogen-bond acceptors (Lipinski definition) is 3. The molecule has 1 saturated carbocycles. The molecule has 2 aromatic rings. The van der Waals surface area contributed by atoms with Crippen LogP contribution in [-0.2, 0) is 17.1 Å². The molecular formula is C24H25F7N2O2. The number of methoxy groups -OCH3 is 1. The molecule has 1 amide bonds. The summed E-state index contributed by atoms with van der Waals surface area (Å²) in [7, 11) is 2.77. The Hall–Kier alpha value is -2.82. The molecule has 0 heterocycles. The number of carbonyl (C=O) groups is 1. The molecule has 0 spiro atoms. The number of nitrogens with zero attached hydrogens (tertiary/aromatic N) is 1. The summed E-state index contributed by atoms with van der Waals surface area (Å²) in [5.41, 5.74) is -2.27. The Morgan fingerprint density at radius 2 is 1.54 bits per heavy atom. The average molecular weight is 506 g/mol. The van der Waals surface area contributed by atoms with Gasteiger partial charge in [-0.05, 0) is 61.2 Å². The fourth-order valence-electron chi connectivity index (χ4n) is 4.66. The molecule has 0 bridgehead atoms. The second-order valence-corrected chi connectivity index (χ2v) is 8.64. The van der Waals surface area contributed by atoms with Crippen LogP contribution in [0.15, 0.2) is 42.5 Å². The topological polar surface area (TPSA) is 41.6 Å². The number of ether oxygens (including phenoxy) is 1. The van der Waals surface area contributed by atoms with Gasteiger partial charge < -0.3 is 15.0 Å². The van der Waals surface area contributed by atoms with Gasteiger partial charge in [-0.25, -0.2) is 9.18 Å². The lowest BCUT2D eigenvalue weighted by Crippen LogP contribution is -2.43. The van der Waals surface area contributed by atoms with Crippen molar-refractivity contribution in [3.05, 3.63) is 70.5 Å². The fourth-order valence-corrected chi connectivity index (χ4v) is 4.66. The first kappa shape index (κ1) is 26.8. The van der Waals surface area contributed by atoms with Crippen LogP contribution in [0.5, 0.6) is 0 Å². The first-order valence-electron chi connectivity index (χ1n) is 10.8. The Morgan fingerprint density at radius 1 is 1.00 bits per heavy atom. The number of benzene rings is 2. The Bertz CT molecular complexity index is 1010. The molecule has 1 aliphatic carbocycles. The lowest BCUT2D eigenvalue weighted by Gasteiger charge is -2.33. The molecule has 0 radical (unpaired) electrons. The average Bonchev–Trinajstić information content (AvgIpc) is 3.20. The van der Waals surface area contributed by atoms with E-state index in [0.717, 1.165) is 0 Å². The zero-order chi connectivity index (χ0) is 26.1. The van der Waals surface area contributed by atoms with E-state index in [1.54, 1.807) is 19.2 Å². The maximum atomic E-state index is 13.5. The van der Waals surface area contributed by atoms with Gasteiger partial charge in [0.1, 0.15) is 5.82 Å². The van der Waals surface area contributed by atoms with Crippen LogP contribution in [0.2, 0.25) is 0 Å². The van der Waals surface area contributed by atoms with Crippen LogP contribution in [0, 0.1) is 5.82 Å². The number of carbonyl (C=O) groups excluding carboxylic acids is 1. The van der Waals surface area contributed by atoms with Crippen LogP contribution >= 0.6 is 0 Å². The minimum absolute atomic E-state index is 0.0917. The SMILES string of the molecule is COC(=O)N(C)[C@H]1CC[C@H](N[C@H](C)c2cc(C(F)(F)F)cc(C(F)(F)F)c2)[C@@H]1c1ccc(F)cc1. The van der Waals surface area contributed by atoms with Gasteiger partial charge in [0.15, 0.2) is 0 Å². The molecule has 0 aromatic heterocycles. The van der Waals surface area contributed by atoms with Crippen molar-refractivity contribution >= 4 is 6.09 Å². The van der Waals surface area contributed by atoms with Gasteiger partial charge >= 0.3 is 18.4 Å². The predicted octanol–water partition coefficient (Wildman–Crippen LogP) is 6.53. The van der Waals surface area contributed by atoms with E-state index in [-0.39, 0.29) is 17.7 Å². The second kappa shape index (κ2) is 10.0. The molecule has 0 aliphatic heterocycles. The van der Waals surface area contributed by atoms with Gasteiger partial charge in [-0.1, -0.05) is 12.1 Å². The Kier molecular flexibility index (Phi) is 7.68. The number of hydrogen-bond donors (Lipinski definition) is 1. The Morgan fingerprint density at radius 3 is 2.03 bits per heavy atom. The predicted molar refractivity (Wildman–Crippen MR) is 114 cm³/mol. The molecule has 11 heteroatoms. The monoisotopic (exact) mass is 506 g/mol. The molecular weight excluding hydrogens is 481 g/mol. The lowest BCUT2D eigenvalue weighted by atomic mass is 9.89. The van der Waals surface area contributed by atoms with Crippen LogP contribution in [0.25, 0.3) is 0 Å². The summed E-state index contributed by atoms with van der Waals surface area (Å²) in [5.74, 6) is -0.874. The lowest BCUT2D eigenvalue weighted by molar-refractivity contribution is -0.143. The largest absolute Gasteiger partial charge is 0.453 e. The quantitative estimate of drug-likeness (QED) is 0.469. The summed E-state index contributed by atoms with van der Waals surface area (Å²) in [6, 6.07) is 5.42. The molecule has 0 unspecified atom stereocenters. The number of rotatable bonds is 5. The van der Waals surface area contributed by atoms with Crippen molar-refractivity contribution in [2.45, 2.75) is 56.2 Å². The van der Waals surface area contributed by atoms with E-state index >= 15 is 0 Å². The van der Waals surface area contributed by atoms with Gasteiger partial charge in [0.25, 0.3) is 0 Å². The van der Waals surface area contributed by atoms with E-state index in [2.05, 4.69) is 5.32 Å². The summed E-state index contributed by atoms with van der Waals surface area (Å²) in [6.45, 7) is 1.48. The molecule has 3 rings (SSSR count). The summed E-state index contributed by atoms with van der Waals surface area (Å²) >= 11 is 0. The van der Waals surface area contributed by atoms with Crippen molar-refractivity contribution in [1.82, 2.24) is 10.2 Å². The fraction of sp³-hybridized carbons (Fsp3) is 0.458. The number of nitrogens with one attached hydrogen (secondary N) is 1. The Labute approximate surface area is 198 Å². The van der Waals surface area contributed by atoms with Gasteiger partial charge in [-0.2, -0.15) is 26.3 Å². The number of alkyl halides is 6. The van der Waals surface area contributed by atoms with Crippen LogP contribution in [-0.4, -0.2) is 37.2 Å². The van der Waals surface area contributed by atoms with Crippen LogP contribution < -0.4 is 5.32 Å².